The quantitative estimate of drug-likeness (QED) is 0.859. The first-order valence-electron chi connectivity index (χ1n) is 5.62. The second kappa shape index (κ2) is 5.60. The number of aryl methyl sites for hydroxylation is 1. The number of fused-ring (bicyclic) bond motifs is 1. The summed E-state index contributed by atoms with van der Waals surface area (Å²) in [5.74, 6) is 0.596. The molecule has 0 saturated heterocycles. The van der Waals surface area contributed by atoms with E-state index in [-0.39, 0.29) is 5.82 Å². The van der Waals surface area contributed by atoms with Gasteiger partial charge >= 0.3 is 0 Å². The van der Waals surface area contributed by atoms with E-state index in [1.54, 1.807) is 6.07 Å². The molecule has 1 aromatic heterocycles. The first-order valence-corrected chi connectivity index (χ1v) is 6.41. The summed E-state index contributed by atoms with van der Waals surface area (Å²) < 4.78 is 19.0. The third kappa shape index (κ3) is 3.04. The molecule has 1 aromatic carbocycles. The van der Waals surface area contributed by atoms with Gasteiger partial charge in [0.25, 0.3) is 0 Å². The summed E-state index contributed by atoms with van der Waals surface area (Å²) in [5.41, 5.74) is 1.52. The zero-order chi connectivity index (χ0) is 12.3. The van der Waals surface area contributed by atoms with Crippen molar-refractivity contribution < 1.29 is 9.13 Å². The number of halogens is 2. The highest BCUT2D eigenvalue weighted by Gasteiger charge is 2.07. The Morgan fingerprint density at radius 2 is 2.29 bits per heavy atom. The van der Waals surface area contributed by atoms with Crippen molar-refractivity contribution in [1.29, 1.82) is 0 Å². The minimum Gasteiger partial charge on any atom is -0.382 e. The van der Waals surface area contributed by atoms with E-state index in [4.69, 9.17) is 4.74 Å². The molecule has 1 N–H and O–H groups in total. The van der Waals surface area contributed by atoms with E-state index in [1.807, 2.05) is 6.92 Å². The Morgan fingerprint density at radius 1 is 1.47 bits per heavy atom. The molecule has 0 saturated carbocycles. The molecule has 5 heteroatoms. The highest BCUT2D eigenvalue weighted by Crippen LogP contribution is 2.21. The lowest BCUT2D eigenvalue weighted by Gasteiger charge is -1.98. The third-order valence-corrected chi connectivity index (χ3v) is 3.09. The highest BCUT2D eigenvalue weighted by molar-refractivity contribution is 9.10. The second-order valence-electron chi connectivity index (χ2n) is 3.77. The molecule has 1 heterocycles. The van der Waals surface area contributed by atoms with E-state index in [0.29, 0.717) is 4.47 Å². The van der Waals surface area contributed by atoms with Gasteiger partial charge in [-0.15, -0.1) is 0 Å². The minimum absolute atomic E-state index is 0.276. The highest BCUT2D eigenvalue weighted by atomic mass is 79.9. The summed E-state index contributed by atoms with van der Waals surface area (Å²) in [7, 11) is 0. The van der Waals surface area contributed by atoms with Gasteiger partial charge in [-0.25, -0.2) is 9.37 Å². The third-order valence-electron chi connectivity index (χ3n) is 2.48. The standard InChI is InChI=1S/C12H14BrFN2O/c1-2-17-5-3-4-12-15-10-6-8(13)9(14)7-11(10)16-12/h6-7H,2-5H2,1H3,(H,15,16). The maximum Gasteiger partial charge on any atom is 0.139 e. The molecule has 2 rings (SSSR count). The van der Waals surface area contributed by atoms with Crippen LogP contribution in [-0.4, -0.2) is 23.2 Å². The number of aromatic nitrogens is 2. The van der Waals surface area contributed by atoms with Gasteiger partial charge in [0.1, 0.15) is 11.6 Å². The van der Waals surface area contributed by atoms with Crippen LogP contribution in [0.5, 0.6) is 0 Å². The average Bonchev–Trinajstić information content (AvgIpc) is 2.67. The van der Waals surface area contributed by atoms with E-state index in [1.165, 1.54) is 6.07 Å². The lowest BCUT2D eigenvalue weighted by molar-refractivity contribution is 0.145. The molecule has 0 spiro atoms. The molecule has 0 fully saturated rings. The molecule has 0 unspecified atom stereocenters. The van der Waals surface area contributed by atoms with Crippen LogP contribution in [0.25, 0.3) is 11.0 Å². The fraction of sp³-hybridized carbons (Fsp3) is 0.417. The van der Waals surface area contributed by atoms with Gasteiger partial charge < -0.3 is 9.72 Å². The number of nitrogens with one attached hydrogen (secondary N) is 1. The molecule has 0 amide bonds. The average molecular weight is 301 g/mol. The van der Waals surface area contributed by atoms with E-state index >= 15 is 0 Å². The molecular formula is C12H14BrFN2O. The first-order chi connectivity index (χ1) is 8.20. The Balaban J connectivity index is 2.09. The molecule has 0 aliphatic carbocycles. The number of hydrogen-bond acceptors (Lipinski definition) is 2. The topological polar surface area (TPSA) is 37.9 Å². The first kappa shape index (κ1) is 12.5. The summed E-state index contributed by atoms with van der Waals surface area (Å²) in [6.45, 7) is 3.44. The minimum atomic E-state index is -0.276. The second-order valence-corrected chi connectivity index (χ2v) is 4.62. The Morgan fingerprint density at radius 3 is 3.06 bits per heavy atom. The Hall–Kier alpha value is -0.940. The zero-order valence-corrected chi connectivity index (χ0v) is 11.2. The maximum atomic E-state index is 13.3. The summed E-state index contributed by atoms with van der Waals surface area (Å²) in [4.78, 5) is 7.52. The van der Waals surface area contributed by atoms with Gasteiger partial charge in [0, 0.05) is 25.7 Å². The van der Waals surface area contributed by atoms with Gasteiger partial charge in [0.2, 0.25) is 0 Å². The summed E-state index contributed by atoms with van der Waals surface area (Å²) in [6, 6.07) is 3.14. The molecule has 0 bridgehead atoms. The van der Waals surface area contributed by atoms with Crippen molar-refractivity contribution in [1.82, 2.24) is 9.97 Å². The fourth-order valence-corrected chi connectivity index (χ4v) is 1.99. The molecule has 17 heavy (non-hydrogen) atoms. The van der Waals surface area contributed by atoms with Crippen molar-refractivity contribution in [2.75, 3.05) is 13.2 Å². The number of H-pyrrole nitrogens is 1. The van der Waals surface area contributed by atoms with E-state index in [9.17, 15) is 4.39 Å². The zero-order valence-electron chi connectivity index (χ0n) is 9.59. The van der Waals surface area contributed by atoms with Crippen LogP contribution in [0.3, 0.4) is 0 Å². The summed E-state index contributed by atoms with van der Waals surface area (Å²) in [5, 5.41) is 0. The number of benzene rings is 1. The van der Waals surface area contributed by atoms with Crippen molar-refractivity contribution in [2.24, 2.45) is 0 Å². The fourth-order valence-electron chi connectivity index (χ4n) is 1.66. The summed E-state index contributed by atoms with van der Waals surface area (Å²) in [6.07, 6.45) is 1.73. The van der Waals surface area contributed by atoms with Gasteiger partial charge in [-0.05, 0) is 35.3 Å². The molecule has 0 aliphatic heterocycles. The Kier molecular flexibility index (Phi) is 4.12. The van der Waals surface area contributed by atoms with Gasteiger partial charge in [-0.3, -0.25) is 0 Å². The van der Waals surface area contributed by atoms with Crippen LogP contribution in [0.15, 0.2) is 16.6 Å². The van der Waals surface area contributed by atoms with Crippen LogP contribution in [0.2, 0.25) is 0 Å². The van der Waals surface area contributed by atoms with Crippen molar-refractivity contribution in [2.45, 2.75) is 19.8 Å². The monoisotopic (exact) mass is 300 g/mol. The molecular weight excluding hydrogens is 287 g/mol. The van der Waals surface area contributed by atoms with Crippen LogP contribution < -0.4 is 0 Å². The van der Waals surface area contributed by atoms with E-state index in [0.717, 1.165) is 42.9 Å². The number of rotatable bonds is 5. The van der Waals surface area contributed by atoms with Gasteiger partial charge in [-0.2, -0.15) is 0 Å². The Labute approximate surface area is 108 Å². The molecule has 0 atom stereocenters. The van der Waals surface area contributed by atoms with Crippen molar-refractivity contribution in [3.8, 4) is 0 Å². The number of nitrogens with zero attached hydrogens (tertiary/aromatic N) is 1. The SMILES string of the molecule is CCOCCCc1nc2cc(Br)c(F)cc2[nH]1. The number of imidazole rings is 1. The van der Waals surface area contributed by atoms with Crippen LogP contribution >= 0.6 is 15.9 Å². The van der Waals surface area contributed by atoms with Gasteiger partial charge in [-0.1, -0.05) is 0 Å². The molecule has 0 aliphatic rings. The smallest absolute Gasteiger partial charge is 0.139 e. The number of aromatic amines is 1. The van der Waals surface area contributed by atoms with Crippen molar-refractivity contribution in [3.05, 3.63) is 28.2 Å². The number of hydrogen-bond donors (Lipinski definition) is 1. The predicted octanol–water partition coefficient (Wildman–Crippen LogP) is 3.43. The van der Waals surface area contributed by atoms with Crippen molar-refractivity contribution in [3.63, 3.8) is 0 Å². The normalized spacial score (nSPS) is 11.2. The van der Waals surface area contributed by atoms with Crippen LogP contribution in [-0.2, 0) is 11.2 Å². The van der Waals surface area contributed by atoms with Gasteiger partial charge in [0.15, 0.2) is 0 Å². The van der Waals surface area contributed by atoms with Crippen LogP contribution in [0.1, 0.15) is 19.2 Å². The molecule has 92 valence electrons. The lowest BCUT2D eigenvalue weighted by Crippen LogP contribution is -1.96. The largest absolute Gasteiger partial charge is 0.382 e. The maximum absolute atomic E-state index is 13.3. The van der Waals surface area contributed by atoms with Crippen LogP contribution in [0, 0.1) is 5.82 Å². The molecule has 2 aromatic rings. The lowest BCUT2D eigenvalue weighted by atomic mass is 10.3. The number of ether oxygens (including phenoxy) is 1. The predicted molar refractivity (Wildman–Crippen MR) is 68.6 cm³/mol. The van der Waals surface area contributed by atoms with E-state index < -0.39 is 0 Å². The molecule has 0 radical (unpaired) electrons. The van der Waals surface area contributed by atoms with Crippen LogP contribution in [0.4, 0.5) is 4.39 Å². The summed E-state index contributed by atoms with van der Waals surface area (Å²) >= 11 is 3.15. The molecule has 3 nitrogen and oxygen atoms in total. The van der Waals surface area contributed by atoms with Gasteiger partial charge in [0.05, 0.1) is 15.5 Å². The van der Waals surface area contributed by atoms with Crippen molar-refractivity contribution >= 4 is 27.0 Å². The van der Waals surface area contributed by atoms with E-state index in [2.05, 4.69) is 25.9 Å². The Bertz CT molecular complexity index is 473.